The molecule has 2 rings (SSSR count). The van der Waals surface area contributed by atoms with Gasteiger partial charge in [-0.2, -0.15) is 0 Å². The first-order valence-corrected chi connectivity index (χ1v) is 8.64. The molecule has 4 N–H and O–H groups in total. The van der Waals surface area contributed by atoms with Crippen molar-refractivity contribution in [1.82, 2.24) is 19.6 Å². The van der Waals surface area contributed by atoms with Crippen molar-refractivity contribution in [3.8, 4) is 0 Å². The number of benzene rings is 1. The van der Waals surface area contributed by atoms with Gasteiger partial charge >= 0.3 is 6.03 Å². The monoisotopic (exact) mass is 355 g/mol. The van der Waals surface area contributed by atoms with Crippen LogP contribution in [0.3, 0.4) is 0 Å². The molecule has 23 heavy (non-hydrogen) atoms. The van der Waals surface area contributed by atoms with E-state index in [9.17, 15) is 13.2 Å². The zero-order valence-electron chi connectivity index (χ0n) is 12.1. The topological polar surface area (TPSA) is 121 Å². The Labute approximate surface area is 139 Å². The second-order valence-electron chi connectivity index (χ2n) is 4.81. The summed E-state index contributed by atoms with van der Waals surface area (Å²) in [5.41, 5.74) is 1.66. The van der Waals surface area contributed by atoms with E-state index in [0.717, 1.165) is 11.3 Å². The molecule has 0 spiro atoms. The highest BCUT2D eigenvalue weighted by atomic mass is 32.2. The van der Waals surface area contributed by atoms with Gasteiger partial charge in [-0.15, -0.1) is 0 Å². The summed E-state index contributed by atoms with van der Waals surface area (Å²) in [6, 6.07) is 5.61. The molecule has 0 unspecified atom stereocenters. The number of nitrogens with two attached hydrogens (primary N) is 1. The fraction of sp³-hybridized carbons (Fsp3) is 0.231. The van der Waals surface area contributed by atoms with Gasteiger partial charge in [-0.3, -0.25) is 4.31 Å². The van der Waals surface area contributed by atoms with Gasteiger partial charge in [0.1, 0.15) is 0 Å². The Hall–Kier alpha value is -2.04. The molecule has 10 heteroatoms. The SMILES string of the molecule is NS(=O)(=O)c1ccc(CN(S)C(=O)NCCc2cnc[nH]2)cc1. The second kappa shape index (κ2) is 7.49. The predicted molar refractivity (Wildman–Crippen MR) is 88.0 cm³/mol. The number of primary sulfonamides is 1. The molecular formula is C13H17N5O3S2. The third-order valence-corrected chi connectivity index (χ3v) is 4.30. The van der Waals surface area contributed by atoms with Crippen LogP contribution in [0.15, 0.2) is 41.7 Å². The van der Waals surface area contributed by atoms with Gasteiger partial charge in [0, 0.05) is 24.9 Å². The van der Waals surface area contributed by atoms with E-state index in [0.29, 0.717) is 13.0 Å². The predicted octanol–water partition coefficient (Wildman–Crippen LogP) is 0.656. The Morgan fingerprint density at radius 3 is 2.61 bits per heavy atom. The minimum absolute atomic E-state index is 0.0240. The molecule has 0 fully saturated rings. The molecular weight excluding hydrogens is 338 g/mol. The maximum absolute atomic E-state index is 11.9. The van der Waals surface area contributed by atoms with E-state index in [1.807, 2.05) is 0 Å². The maximum Gasteiger partial charge on any atom is 0.327 e. The molecule has 0 aliphatic heterocycles. The van der Waals surface area contributed by atoms with E-state index in [1.54, 1.807) is 24.7 Å². The molecule has 0 radical (unpaired) electrons. The first kappa shape index (κ1) is 17.3. The lowest BCUT2D eigenvalue weighted by Gasteiger charge is -2.16. The Bertz CT molecular complexity index is 744. The van der Waals surface area contributed by atoms with Crippen LogP contribution < -0.4 is 10.5 Å². The Kier molecular flexibility index (Phi) is 5.64. The number of aromatic nitrogens is 2. The molecule has 0 aliphatic carbocycles. The van der Waals surface area contributed by atoms with Gasteiger partial charge < -0.3 is 10.3 Å². The lowest BCUT2D eigenvalue weighted by atomic mass is 10.2. The Morgan fingerprint density at radius 2 is 2.04 bits per heavy atom. The number of sulfonamides is 1. The molecule has 0 bridgehead atoms. The number of carbonyl (C=O) groups excluding carboxylic acids is 1. The van der Waals surface area contributed by atoms with Crippen molar-refractivity contribution in [2.75, 3.05) is 6.54 Å². The van der Waals surface area contributed by atoms with Crippen molar-refractivity contribution >= 4 is 28.9 Å². The van der Waals surface area contributed by atoms with E-state index in [4.69, 9.17) is 5.14 Å². The zero-order chi connectivity index (χ0) is 16.9. The summed E-state index contributed by atoms with van der Waals surface area (Å²) in [7, 11) is -3.72. The minimum atomic E-state index is -3.72. The van der Waals surface area contributed by atoms with Crippen molar-refractivity contribution in [2.24, 2.45) is 5.14 Å². The quantitative estimate of drug-likeness (QED) is 0.569. The van der Waals surface area contributed by atoms with Crippen LogP contribution in [0.2, 0.25) is 0 Å². The summed E-state index contributed by atoms with van der Waals surface area (Å²) in [5, 5.41) is 7.75. The number of thiol groups is 1. The van der Waals surface area contributed by atoms with Crippen LogP contribution in [0.4, 0.5) is 4.79 Å². The summed E-state index contributed by atoms with van der Waals surface area (Å²) < 4.78 is 23.6. The highest BCUT2D eigenvalue weighted by Gasteiger charge is 2.11. The van der Waals surface area contributed by atoms with E-state index >= 15 is 0 Å². The van der Waals surface area contributed by atoms with Gasteiger partial charge in [0.15, 0.2) is 0 Å². The van der Waals surface area contributed by atoms with Crippen LogP contribution in [0, 0.1) is 0 Å². The Balaban J connectivity index is 1.83. The number of aromatic amines is 1. The van der Waals surface area contributed by atoms with Crippen molar-refractivity contribution in [3.05, 3.63) is 48.0 Å². The van der Waals surface area contributed by atoms with Crippen molar-refractivity contribution < 1.29 is 13.2 Å². The van der Waals surface area contributed by atoms with E-state index < -0.39 is 10.0 Å². The molecule has 1 aromatic heterocycles. The molecule has 1 heterocycles. The number of nitrogens with zero attached hydrogens (tertiary/aromatic N) is 2. The van der Waals surface area contributed by atoms with Crippen LogP contribution in [0.25, 0.3) is 0 Å². The molecule has 124 valence electrons. The number of imidazole rings is 1. The number of H-pyrrole nitrogens is 1. The van der Waals surface area contributed by atoms with Gasteiger partial charge in [-0.25, -0.2) is 23.3 Å². The van der Waals surface area contributed by atoms with Crippen molar-refractivity contribution in [2.45, 2.75) is 17.9 Å². The number of carbonyl (C=O) groups is 1. The van der Waals surface area contributed by atoms with Gasteiger partial charge in [-0.1, -0.05) is 24.9 Å². The molecule has 0 saturated carbocycles. The van der Waals surface area contributed by atoms with Crippen molar-refractivity contribution in [1.29, 1.82) is 0 Å². The highest BCUT2D eigenvalue weighted by molar-refractivity contribution is 7.89. The summed E-state index contributed by atoms with van der Waals surface area (Å²) in [4.78, 5) is 18.8. The standard InChI is InChI=1S/C13H17N5O3S2/c14-23(20,21)12-3-1-10(2-4-12)8-18(22)13(19)16-6-5-11-7-15-9-17-11/h1-4,7,9,22H,5-6,8H2,(H,15,17)(H,16,19)(H2,14,20,21). The van der Waals surface area contributed by atoms with Crippen LogP contribution in [0.1, 0.15) is 11.3 Å². The molecule has 0 atom stereocenters. The number of hydrogen-bond donors (Lipinski definition) is 4. The molecule has 1 aromatic carbocycles. The summed E-state index contributed by atoms with van der Waals surface area (Å²) in [6.45, 7) is 0.673. The molecule has 0 saturated heterocycles. The van der Waals surface area contributed by atoms with Crippen LogP contribution in [-0.4, -0.2) is 35.3 Å². The fourth-order valence-electron chi connectivity index (χ4n) is 1.85. The smallest absolute Gasteiger partial charge is 0.327 e. The number of rotatable bonds is 6. The van der Waals surface area contributed by atoms with Crippen LogP contribution >= 0.6 is 12.8 Å². The fourth-order valence-corrected chi connectivity index (χ4v) is 2.60. The highest BCUT2D eigenvalue weighted by Crippen LogP contribution is 2.12. The lowest BCUT2D eigenvalue weighted by Crippen LogP contribution is -2.34. The van der Waals surface area contributed by atoms with Crippen molar-refractivity contribution in [3.63, 3.8) is 0 Å². The molecule has 2 aromatic rings. The van der Waals surface area contributed by atoms with E-state index in [1.165, 1.54) is 16.4 Å². The van der Waals surface area contributed by atoms with Gasteiger partial charge in [0.25, 0.3) is 0 Å². The van der Waals surface area contributed by atoms with E-state index in [2.05, 4.69) is 28.1 Å². The lowest BCUT2D eigenvalue weighted by molar-refractivity contribution is 0.225. The average Bonchev–Trinajstić information content (AvgIpc) is 3.00. The first-order chi connectivity index (χ1) is 10.9. The maximum atomic E-state index is 11.9. The van der Waals surface area contributed by atoms with Crippen LogP contribution in [0.5, 0.6) is 0 Å². The summed E-state index contributed by atoms with van der Waals surface area (Å²) in [5.74, 6) is 0. The van der Waals surface area contributed by atoms with Crippen LogP contribution in [-0.2, 0) is 23.0 Å². The minimum Gasteiger partial charge on any atom is -0.348 e. The summed E-state index contributed by atoms with van der Waals surface area (Å²) >= 11 is 4.13. The zero-order valence-corrected chi connectivity index (χ0v) is 13.8. The van der Waals surface area contributed by atoms with E-state index in [-0.39, 0.29) is 17.5 Å². The summed E-state index contributed by atoms with van der Waals surface area (Å²) in [6.07, 6.45) is 3.90. The molecule has 0 aliphatic rings. The normalized spacial score (nSPS) is 11.2. The van der Waals surface area contributed by atoms with Gasteiger partial charge in [0.05, 0.1) is 17.8 Å². The number of urea groups is 1. The Morgan fingerprint density at radius 1 is 1.35 bits per heavy atom. The number of amides is 2. The number of nitrogens with one attached hydrogen (secondary N) is 2. The second-order valence-corrected chi connectivity index (χ2v) is 6.85. The van der Waals surface area contributed by atoms with Gasteiger partial charge in [-0.05, 0) is 17.7 Å². The molecule has 8 nitrogen and oxygen atoms in total. The average molecular weight is 355 g/mol. The third-order valence-electron chi connectivity index (χ3n) is 3.04. The third kappa shape index (κ3) is 5.27. The first-order valence-electron chi connectivity index (χ1n) is 6.69. The molecule has 2 amide bonds. The largest absolute Gasteiger partial charge is 0.348 e. The number of hydrogen-bond acceptors (Lipinski definition) is 5. The van der Waals surface area contributed by atoms with Gasteiger partial charge in [0.2, 0.25) is 10.0 Å².